The molecular formula is C15H15N3O2. The van der Waals surface area contributed by atoms with Gasteiger partial charge in [0.15, 0.2) is 11.5 Å². The Balaban J connectivity index is 1.81. The quantitative estimate of drug-likeness (QED) is 0.904. The van der Waals surface area contributed by atoms with E-state index in [2.05, 4.69) is 9.97 Å². The van der Waals surface area contributed by atoms with Gasteiger partial charge < -0.3 is 15.2 Å². The van der Waals surface area contributed by atoms with Crippen LogP contribution in [0.3, 0.4) is 0 Å². The van der Waals surface area contributed by atoms with Gasteiger partial charge in [-0.15, -0.1) is 0 Å². The molecule has 2 aromatic rings. The minimum Gasteiger partial charge on any atom is -0.454 e. The Kier molecular flexibility index (Phi) is 2.29. The van der Waals surface area contributed by atoms with E-state index in [0.29, 0.717) is 0 Å². The molecule has 0 spiro atoms. The fourth-order valence-corrected chi connectivity index (χ4v) is 2.43. The second kappa shape index (κ2) is 3.93. The van der Waals surface area contributed by atoms with Crippen LogP contribution in [-0.2, 0) is 5.54 Å². The molecule has 1 aromatic heterocycles. The molecule has 5 heteroatoms. The highest BCUT2D eigenvalue weighted by Crippen LogP contribution is 2.42. The van der Waals surface area contributed by atoms with Crippen LogP contribution in [0.1, 0.15) is 24.2 Å². The second-order valence-electron chi connectivity index (χ2n) is 5.44. The van der Waals surface area contributed by atoms with E-state index in [4.69, 9.17) is 15.2 Å². The monoisotopic (exact) mass is 269 g/mol. The van der Waals surface area contributed by atoms with E-state index in [1.54, 1.807) is 6.20 Å². The van der Waals surface area contributed by atoms with Crippen molar-refractivity contribution in [1.82, 2.24) is 9.97 Å². The van der Waals surface area contributed by atoms with E-state index in [0.717, 1.165) is 47.0 Å². The number of aromatic nitrogens is 2. The fraction of sp³-hybridized carbons (Fsp3) is 0.333. The summed E-state index contributed by atoms with van der Waals surface area (Å²) in [4.78, 5) is 8.94. The van der Waals surface area contributed by atoms with Crippen molar-refractivity contribution >= 4 is 0 Å². The van der Waals surface area contributed by atoms with Crippen molar-refractivity contribution in [3.63, 3.8) is 0 Å². The van der Waals surface area contributed by atoms with Gasteiger partial charge in [0, 0.05) is 11.8 Å². The number of nitrogens with zero attached hydrogens (tertiary/aromatic N) is 2. The molecule has 1 aliphatic carbocycles. The maximum atomic E-state index is 6.17. The predicted octanol–water partition coefficient (Wildman–Crippen LogP) is 2.13. The summed E-state index contributed by atoms with van der Waals surface area (Å²) in [6.45, 7) is 2.31. The number of aryl methyl sites for hydroxylation is 1. The van der Waals surface area contributed by atoms with Crippen LogP contribution >= 0.6 is 0 Å². The summed E-state index contributed by atoms with van der Waals surface area (Å²) < 4.78 is 10.8. The summed E-state index contributed by atoms with van der Waals surface area (Å²) in [7, 11) is 0. The van der Waals surface area contributed by atoms with E-state index >= 15 is 0 Å². The van der Waals surface area contributed by atoms with E-state index in [1.807, 2.05) is 25.1 Å². The third-order valence-electron chi connectivity index (χ3n) is 3.89. The van der Waals surface area contributed by atoms with Crippen LogP contribution in [0.25, 0.3) is 11.3 Å². The summed E-state index contributed by atoms with van der Waals surface area (Å²) in [5.74, 6) is 2.28. The molecule has 4 rings (SSSR count). The van der Waals surface area contributed by atoms with Crippen molar-refractivity contribution in [3.8, 4) is 22.8 Å². The lowest BCUT2D eigenvalue weighted by Crippen LogP contribution is -2.22. The van der Waals surface area contributed by atoms with Crippen LogP contribution in [-0.4, -0.2) is 16.8 Å². The number of ether oxygens (including phenoxy) is 2. The van der Waals surface area contributed by atoms with Gasteiger partial charge in [-0.2, -0.15) is 0 Å². The standard InChI is InChI=1S/C15H15N3O2/c1-9-6-12-13(20-8-19-12)7-10(9)11-2-5-17-14(18-11)15(16)3-4-15/h2,5-7H,3-4,8,16H2,1H3. The minimum absolute atomic E-state index is 0.277. The first-order valence-electron chi connectivity index (χ1n) is 6.69. The van der Waals surface area contributed by atoms with E-state index < -0.39 is 0 Å². The van der Waals surface area contributed by atoms with Gasteiger partial charge in [0.1, 0.15) is 5.82 Å². The molecule has 1 saturated carbocycles. The number of benzene rings is 1. The molecule has 2 heterocycles. The molecule has 20 heavy (non-hydrogen) atoms. The average Bonchev–Trinajstić information content (AvgIpc) is 3.05. The normalized spacial score (nSPS) is 18.1. The van der Waals surface area contributed by atoms with E-state index in [1.165, 1.54) is 0 Å². The highest BCUT2D eigenvalue weighted by atomic mass is 16.7. The molecule has 0 radical (unpaired) electrons. The Morgan fingerprint density at radius 1 is 1.20 bits per heavy atom. The van der Waals surface area contributed by atoms with Crippen LogP contribution < -0.4 is 15.2 Å². The first-order chi connectivity index (χ1) is 9.66. The number of hydrogen-bond donors (Lipinski definition) is 1. The zero-order valence-electron chi connectivity index (χ0n) is 11.2. The molecule has 0 unspecified atom stereocenters. The van der Waals surface area contributed by atoms with Crippen LogP contribution in [0.15, 0.2) is 24.4 Å². The van der Waals surface area contributed by atoms with Gasteiger partial charge in [0.25, 0.3) is 0 Å². The van der Waals surface area contributed by atoms with Gasteiger partial charge in [-0.3, -0.25) is 0 Å². The van der Waals surface area contributed by atoms with Crippen LogP contribution in [0.5, 0.6) is 11.5 Å². The number of rotatable bonds is 2. The Hall–Kier alpha value is -2.14. The maximum Gasteiger partial charge on any atom is 0.231 e. The first kappa shape index (κ1) is 11.7. The third kappa shape index (κ3) is 1.74. The van der Waals surface area contributed by atoms with Gasteiger partial charge in [-0.05, 0) is 43.5 Å². The molecule has 0 saturated heterocycles. The third-order valence-corrected chi connectivity index (χ3v) is 3.89. The lowest BCUT2D eigenvalue weighted by molar-refractivity contribution is 0.174. The van der Waals surface area contributed by atoms with Gasteiger partial charge >= 0.3 is 0 Å². The van der Waals surface area contributed by atoms with Gasteiger partial charge in [0.05, 0.1) is 11.2 Å². The lowest BCUT2D eigenvalue weighted by atomic mass is 10.0. The largest absolute Gasteiger partial charge is 0.454 e. The van der Waals surface area contributed by atoms with Crippen molar-refractivity contribution in [2.75, 3.05) is 6.79 Å². The van der Waals surface area contributed by atoms with E-state index in [9.17, 15) is 0 Å². The summed E-state index contributed by atoms with van der Waals surface area (Å²) in [6, 6.07) is 5.86. The molecule has 2 N–H and O–H groups in total. The molecule has 0 amide bonds. The average molecular weight is 269 g/mol. The molecule has 102 valence electrons. The molecule has 5 nitrogen and oxygen atoms in total. The Morgan fingerprint density at radius 3 is 2.70 bits per heavy atom. The summed E-state index contributed by atoms with van der Waals surface area (Å²) >= 11 is 0. The fourth-order valence-electron chi connectivity index (χ4n) is 2.43. The molecule has 0 atom stereocenters. The molecule has 1 aliphatic heterocycles. The zero-order chi connectivity index (χ0) is 13.7. The summed E-state index contributed by atoms with van der Waals surface area (Å²) in [6.07, 6.45) is 3.68. The van der Waals surface area contributed by atoms with Crippen molar-refractivity contribution in [2.24, 2.45) is 5.73 Å². The SMILES string of the molecule is Cc1cc2c(cc1-c1ccnc(C3(N)CC3)n1)OCO2. The lowest BCUT2D eigenvalue weighted by Gasteiger charge is -2.11. The van der Waals surface area contributed by atoms with Gasteiger partial charge in [-0.25, -0.2) is 9.97 Å². The predicted molar refractivity (Wildman–Crippen MR) is 73.4 cm³/mol. The highest BCUT2D eigenvalue weighted by molar-refractivity contribution is 5.68. The van der Waals surface area contributed by atoms with Gasteiger partial charge in [-0.1, -0.05) is 0 Å². The highest BCUT2D eigenvalue weighted by Gasteiger charge is 2.43. The van der Waals surface area contributed by atoms with Crippen LogP contribution in [0.2, 0.25) is 0 Å². The maximum absolute atomic E-state index is 6.17. The van der Waals surface area contributed by atoms with Crippen molar-refractivity contribution in [3.05, 3.63) is 35.8 Å². The number of hydrogen-bond acceptors (Lipinski definition) is 5. The Labute approximate surface area is 116 Å². The van der Waals surface area contributed by atoms with Crippen molar-refractivity contribution in [1.29, 1.82) is 0 Å². The minimum atomic E-state index is -0.319. The molecule has 1 fully saturated rings. The first-order valence-corrected chi connectivity index (χ1v) is 6.69. The zero-order valence-corrected chi connectivity index (χ0v) is 11.2. The number of nitrogens with two attached hydrogens (primary N) is 1. The van der Waals surface area contributed by atoms with Crippen LogP contribution in [0.4, 0.5) is 0 Å². The molecular weight excluding hydrogens is 254 g/mol. The summed E-state index contributed by atoms with van der Waals surface area (Å²) in [5, 5.41) is 0. The van der Waals surface area contributed by atoms with Crippen LogP contribution in [0, 0.1) is 6.92 Å². The smallest absolute Gasteiger partial charge is 0.231 e. The van der Waals surface area contributed by atoms with Crippen molar-refractivity contribution in [2.45, 2.75) is 25.3 Å². The topological polar surface area (TPSA) is 70.3 Å². The summed E-state index contributed by atoms with van der Waals surface area (Å²) in [5.41, 5.74) is 8.86. The Bertz CT molecular complexity index is 696. The second-order valence-corrected chi connectivity index (χ2v) is 5.44. The molecule has 1 aromatic carbocycles. The van der Waals surface area contributed by atoms with E-state index in [-0.39, 0.29) is 12.3 Å². The van der Waals surface area contributed by atoms with Crippen molar-refractivity contribution < 1.29 is 9.47 Å². The Morgan fingerprint density at radius 2 is 1.95 bits per heavy atom. The molecule has 2 aliphatic rings. The van der Waals surface area contributed by atoms with Gasteiger partial charge in [0.2, 0.25) is 6.79 Å². The number of fused-ring (bicyclic) bond motifs is 1. The molecule has 0 bridgehead atoms.